The van der Waals surface area contributed by atoms with E-state index in [1.165, 1.54) is 35.3 Å². The molecule has 2 amide bonds. The molecule has 2 heterocycles. The maximum absolute atomic E-state index is 12.9. The van der Waals surface area contributed by atoms with E-state index in [4.69, 9.17) is 4.74 Å². The van der Waals surface area contributed by atoms with Gasteiger partial charge >= 0.3 is 12.4 Å². The Bertz CT molecular complexity index is 1620. The molecule has 9 nitrogen and oxygen atoms in total. The average Bonchev–Trinajstić information content (AvgIpc) is 3.50. The molecule has 5 rings (SSSR count). The Hall–Kier alpha value is -4.52. The zero-order chi connectivity index (χ0) is 31.3. The van der Waals surface area contributed by atoms with Gasteiger partial charge < -0.3 is 19.7 Å². The van der Waals surface area contributed by atoms with Crippen LogP contribution in [0.1, 0.15) is 37.3 Å². The highest BCUT2D eigenvalue weighted by molar-refractivity contribution is 8.14. The van der Waals surface area contributed by atoms with Crippen LogP contribution in [-0.2, 0) is 6.54 Å². The van der Waals surface area contributed by atoms with Gasteiger partial charge in [0.05, 0.1) is 12.8 Å². The van der Waals surface area contributed by atoms with Gasteiger partial charge in [0, 0.05) is 36.2 Å². The highest BCUT2D eigenvalue weighted by Gasteiger charge is 2.31. The van der Waals surface area contributed by atoms with Gasteiger partial charge in [-0.15, -0.1) is 18.3 Å². The predicted molar refractivity (Wildman–Crippen MR) is 165 cm³/mol. The van der Waals surface area contributed by atoms with Crippen molar-refractivity contribution >= 4 is 28.6 Å². The number of halogens is 3. The summed E-state index contributed by atoms with van der Waals surface area (Å²) in [6.45, 7) is 5.32. The second-order valence-corrected chi connectivity index (χ2v) is 11.3. The van der Waals surface area contributed by atoms with E-state index in [0.29, 0.717) is 16.7 Å². The van der Waals surface area contributed by atoms with Gasteiger partial charge in [-0.25, -0.2) is 14.5 Å². The van der Waals surface area contributed by atoms with Gasteiger partial charge in [-0.05, 0) is 53.8 Å². The first kappa shape index (κ1) is 30.9. The zero-order valence-electron chi connectivity index (χ0n) is 24.3. The largest absolute Gasteiger partial charge is 0.573 e. The van der Waals surface area contributed by atoms with Gasteiger partial charge in [0.15, 0.2) is 11.0 Å². The fourth-order valence-electron chi connectivity index (χ4n) is 4.64. The number of hydrogen-bond donors (Lipinski definition) is 1. The van der Waals surface area contributed by atoms with Gasteiger partial charge in [0.25, 0.3) is 0 Å². The first-order valence-electron chi connectivity index (χ1n) is 13.9. The van der Waals surface area contributed by atoms with E-state index in [1.807, 2.05) is 36.4 Å². The predicted octanol–water partition coefficient (Wildman–Crippen LogP) is 7.17. The van der Waals surface area contributed by atoms with Crippen molar-refractivity contribution in [2.75, 3.05) is 24.3 Å². The van der Waals surface area contributed by atoms with Gasteiger partial charge in [0.1, 0.15) is 17.8 Å². The van der Waals surface area contributed by atoms with Crippen molar-refractivity contribution in [2.45, 2.75) is 39.1 Å². The minimum Gasteiger partial charge on any atom is -0.497 e. The Morgan fingerprint density at radius 3 is 2.48 bits per heavy atom. The molecule has 0 saturated carbocycles. The second-order valence-electron chi connectivity index (χ2n) is 10.2. The number of ether oxygens (including phenoxy) is 2. The molecule has 0 spiro atoms. The number of carbonyl (C=O) groups excluding carboxylic acids is 1. The first-order valence-corrected chi connectivity index (χ1v) is 14.9. The molecule has 3 aromatic carbocycles. The lowest BCUT2D eigenvalue weighted by Gasteiger charge is -2.32. The maximum Gasteiger partial charge on any atom is 0.573 e. The number of methoxy groups -OCH3 is 1. The molecule has 0 atom stereocenters. The van der Waals surface area contributed by atoms with E-state index in [9.17, 15) is 18.0 Å². The molecule has 0 unspecified atom stereocenters. The van der Waals surface area contributed by atoms with Gasteiger partial charge in [0.2, 0.25) is 0 Å². The minimum atomic E-state index is -4.75. The van der Waals surface area contributed by atoms with Gasteiger partial charge in [-0.3, -0.25) is 0 Å². The quantitative estimate of drug-likeness (QED) is 0.222. The highest BCUT2D eigenvalue weighted by Crippen LogP contribution is 2.35. The van der Waals surface area contributed by atoms with Crippen molar-refractivity contribution < 1.29 is 27.4 Å². The lowest BCUT2D eigenvalue weighted by molar-refractivity contribution is -0.274. The Morgan fingerprint density at radius 1 is 1.07 bits per heavy atom. The normalized spacial score (nSPS) is 14.6. The van der Waals surface area contributed by atoms with Crippen LogP contribution in [0.3, 0.4) is 0 Å². The number of amides is 2. The number of nitrogens with zero attached hydrogens (tertiary/aromatic N) is 5. The zero-order valence-corrected chi connectivity index (χ0v) is 25.2. The number of carbonyl (C=O) groups is 1. The maximum atomic E-state index is 12.9. The smallest absolute Gasteiger partial charge is 0.497 e. The Labute approximate surface area is 257 Å². The van der Waals surface area contributed by atoms with E-state index in [2.05, 4.69) is 49.9 Å². The Morgan fingerprint density at radius 2 is 1.80 bits per heavy atom. The fourth-order valence-corrected chi connectivity index (χ4v) is 5.59. The fraction of sp³-hybridized carbons (Fsp3) is 0.290. The molecule has 0 aliphatic carbocycles. The number of alkyl halides is 3. The number of amidine groups is 1. The summed E-state index contributed by atoms with van der Waals surface area (Å²) in [5.74, 6) is 2.05. The molecule has 1 aliphatic rings. The third-order valence-corrected chi connectivity index (χ3v) is 7.88. The Balaban J connectivity index is 1.22. The van der Waals surface area contributed by atoms with Crippen molar-refractivity contribution in [3.05, 3.63) is 84.2 Å². The number of aromatic nitrogens is 3. The van der Waals surface area contributed by atoms with Gasteiger partial charge in [-0.2, -0.15) is 4.99 Å². The average molecular weight is 625 g/mol. The number of rotatable bonds is 8. The van der Waals surface area contributed by atoms with Crippen LogP contribution in [0.15, 0.2) is 78.0 Å². The molecule has 13 heteroatoms. The summed E-state index contributed by atoms with van der Waals surface area (Å²) in [4.78, 5) is 23.7. The number of hydrogen-bond acceptors (Lipinski definition) is 6. The monoisotopic (exact) mass is 624 g/mol. The lowest BCUT2D eigenvalue weighted by atomic mass is 10.00. The number of urea groups is 1. The Kier molecular flexibility index (Phi) is 9.43. The van der Waals surface area contributed by atoms with Crippen LogP contribution in [-0.4, -0.2) is 51.7 Å². The number of anilines is 1. The van der Waals surface area contributed by atoms with Crippen LogP contribution in [0.4, 0.5) is 23.7 Å². The van der Waals surface area contributed by atoms with Crippen molar-refractivity contribution in [3.8, 4) is 28.6 Å². The number of aliphatic imine (C=N–C) groups is 1. The molecule has 0 radical (unpaired) electrons. The van der Waals surface area contributed by atoms with Crippen molar-refractivity contribution in [3.63, 3.8) is 0 Å². The minimum absolute atomic E-state index is 0.283. The molecule has 1 aliphatic heterocycles. The summed E-state index contributed by atoms with van der Waals surface area (Å²) in [7, 11) is 1.64. The van der Waals surface area contributed by atoms with E-state index in [-0.39, 0.29) is 18.2 Å². The molecule has 1 fully saturated rings. The van der Waals surface area contributed by atoms with Crippen LogP contribution < -0.4 is 19.7 Å². The van der Waals surface area contributed by atoms with E-state index in [1.54, 1.807) is 18.9 Å². The van der Waals surface area contributed by atoms with Crippen LogP contribution in [0.5, 0.6) is 11.5 Å². The highest BCUT2D eigenvalue weighted by atomic mass is 32.2. The van der Waals surface area contributed by atoms with E-state index in [0.717, 1.165) is 46.8 Å². The van der Waals surface area contributed by atoms with Crippen LogP contribution in [0.2, 0.25) is 0 Å². The summed E-state index contributed by atoms with van der Waals surface area (Å²) >= 11 is 1.56. The van der Waals surface area contributed by atoms with Crippen LogP contribution >= 0.6 is 11.8 Å². The molecule has 0 bridgehead atoms. The molecular weight excluding hydrogens is 593 g/mol. The topological polar surface area (TPSA) is 93.9 Å². The molecule has 1 aromatic heterocycles. The van der Waals surface area contributed by atoms with Crippen LogP contribution in [0.25, 0.3) is 17.1 Å². The molecular formula is C31H31F3N6O3S. The summed E-state index contributed by atoms with van der Waals surface area (Å²) in [5.41, 5.74) is 4.29. The van der Waals surface area contributed by atoms with Crippen molar-refractivity contribution in [2.24, 2.45) is 4.99 Å². The molecule has 44 heavy (non-hydrogen) atoms. The third kappa shape index (κ3) is 7.70. The molecule has 1 saturated heterocycles. The van der Waals surface area contributed by atoms with E-state index >= 15 is 0 Å². The number of thioether (sulfide) groups is 1. The second kappa shape index (κ2) is 13.4. The number of benzene rings is 3. The van der Waals surface area contributed by atoms with Gasteiger partial charge in [-0.1, -0.05) is 55.9 Å². The molecule has 1 N–H and O–H groups in total. The standard InChI is InChI=1S/C31H31F3N6O3S/c1-20(2)26-14-13-25(42-3)17-27(26)39-15-4-16-44-30(39)37-29(41)35-18-21-5-7-22(8-6-21)28-36-19-40(38-28)23-9-11-24(12-10-23)43-31(32,33)34/h5-14,17,19-20H,4,15-16,18H2,1-3H3,(H,35,41)/b37-30-. The van der Waals surface area contributed by atoms with Crippen molar-refractivity contribution in [1.82, 2.24) is 20.1 Å². The third-order valence-electron chi connectivity index (χ3n) is 6.82. The lowest BCUT2D eigenvalue weighted by Crippen LogP contribution is -2.36. The van der Waals surface area contributed by atoms with E-state index < -0.39 is 12.4 Å². The first-order chi connectivity index (χ1) is 21.1. The summed E-state index contributed by atoms with van der Waals surface area (Å²) < 4.78 is 48.1. The summed E-state index contributed by atoms with van der Waals surface area (Å²) in [5, 5.41) is 7.95. The SMILES string of the molecule is COc1ccc(C(C)C)c(N2CCCS/C2=N\C(=O)NCc2ccc(-c3ncn(-c4ccc(OC(F)(F)F)cc4)n3)cc2)c1. The number of nitrogens with one attached hydrogen (secondary N) is 1. The molecule has 4 aromatic rings. The van der Waals surface area contributed by atoms with Crippen molar-refractivity contribution in [1.29, 1.82) is 0 Å². The van der Waals surface area contributed by atoms with Crippen LogP contribution in [0, 0.1) is 0 Å². The molecule has 230 valence electrons. The summed E-state index contributed by atoms with van der Waals surface area (Å²) in [6.07, 6.45) is -2.30. The summed E-state index contributed by atoms with van der Waals surface area (Å²) in [6, 6.07) is 18.3.